The lowest BCUT2D eigenvalue weighted by Crippen LogP contribution is -2.46. The van der Waals surface area contributed by atoms with Gasteiger partial charge in [0.25, 0.3) is 0 Å². The van der Waals surface area contributed by atoms with E-state index in [9.17, 15) is 9.59 Å². The normalized spacial score (nSPS) is 30.5. The van der Waals surface area contributed by atoms with Gasteiger partial charge in [-0.25, -0.2) is 4.79 Å². The van der Waals surface area contributed by atoms with Gasteiger partial charge in [-0.3, -0.25) is 4.79 Å². The van der Waals surface area contributed by atoms with Crippen molar-refractivity contribution in [2.75, 3.05) is 13.1 Å². The Hall–Kier alpha value is -1.26. The van der Waals surface area contributed by atoms with Crippen LogP contribution in [0.15, 0.2) is 0 Å². The van der Waals surface area contributed by atoms with E-state index in [1.165, 1.54) is 12.8 Å². The minimum atomic E-state index is -0.696. The first kappa shape index (κ1) is 16.1. The molecule has 0 spiro atoms. The van der Waals surface area contributed by atoms with Gasteiger partial charge >= 0.3 is 12.0 Å². The average Bonchev–Trinajstić information content (AvgIpc) is 2.73. The molecule has 1 atom stereocenters. The third-order valence-electron chi connectivity index (χ3n) is 5.12. The average molecular weight is 296 g/mol. The van der Waals surface area contributed by atoms with E-state index in [1.54, 1.807) is 0 Å². The maximum atomic E-state index is 12.3. The second kappa shape index (κ2) is 7.66. The maximum absolute atomic E-state index is 12.3. The molecule has 1 aliphatic carbocycles. The molecule has 2 amide bonds. The first-order valence-electron chi connectivity index (χ1n) is 8.38. The van der Waals surface area contributed by atoms with Crippen LogP contribution in [0.4, 0.5) is 4.79 Å². The SMILES string of the molecule is CCC1CCCN(C(=O)NC2CCC(C(=O)O)CC2)CC1. The number of carbonyl (C=O) groups is 2. The lowest BCUT2D eigenvalue weighted by atomic mass is 9.86. The fourth-order valence-electron chi connectivity index (χ4n) is 3.53. The molecule has 1 saturated carbocycles. The molecule has 1 unspecified atom stereocenters. The van der Waals surface area contributed by atoms with Crippen molar-refractivity contribution in [1.29, 1.82) is 0 Å². The van der Waals surface area contributed by atoms with E-state index in [4.69, 9.17) is 5.11 Å². The number of amides is 2. The smallest absolute Gasteiger partial charge is 0.317 e. The molecule has 2 aliphatic rings. The molecule has 2 rings (SSSR count). The van der Waals surface area contributed by atoms with Crippen molar-refractivity contribution < 1.29 is 14.7 Å². The number of urea groups is 1. The van der Waals surface area contributed by atoms with E-state index in [0.717, 1.165) is 44.7 Å². The molecule has 21 heavy (non-hydrogen) atoms. The molecule has 0 aromatic rings. The summed E-state index contributed by atoms with van der Waals surface area (Å²) in [5, 5.41) is 12.1. The summed E-state index contributed by atoms with van der Waals surface area (Å²) in [5.41, 5.74) is 0. The Kier molecular flexibility index (Phi) is 5.88. The molecular formula is C16H28N2O3. The van der Waals surface area contributed by atoms with Crippen molar-refractivity contribution in [1.82, 2.24) is 10.2 Å². The van der Waals surface area contributed by atoms with Gasteiger partial charge in [0, 0.05) is 19.1 Å². The summed E-state index contributed by atoms with van der Waals surface area (Å²) >= 11 is 0. The van der Waals surface area contributed by atoms with Crippen LogP contribution >= 0.6 is 0 Å². The Morgan fingerprint density at radius 2 is 1.81 bits per heavy atom. The third kappa shape index (κ3) is 4.61. The van der Waals surface area contributed by atoms with Gasteiger partial charge in [-0.05, 0) is 50.9 Å². The number of hydrogen-bond donors (Lipinski definition) is 2. The molecule has 5 heteroatoms. The van der Waals surface area contributed by atoms with Crippen LogP contribution < -0.4 is 5.32 Å². The van der Waals surface area contributed by atoms with Crippen molar-refractivity contribution in [3.05, 3.63) is 0 Å². The predicted octanol–water partition coefficient (Wildman–Crippen LogP) is 2.85. The van der Waals surface area contributed by atoms with Crippen LogP contribution in [-0.4, -0.2) is 41.1 Å². The van der Waals surface area contributed by atoms with E-state index in [-0.39, 0.29) is 18.0 Å². The number of nitrogens with zero attached hydrogens (tertiary/aromatic N) is 1. The van der Waals surface area contributed by atoms with Gasteiger partial charge in [-0.2, -0.15) is 0 Å². The molecule has 2 fully saturated rings. The highest BCUT2D eigenvalue weighted by molar-refractivity contribution is 5.74. The standard InChI is InChI=1S/C16H28N2O3/c1-2-12-4-3-10-18(11-9-12)16(21)17-14-7-5-13(6-8-14)15(19)20/h12-14H,2-11H2,1H3,(H,17,21)(H,19,20). The van der Waals surface area contributed by atoms with Crippen LogP contribution in [0.3, 0.4) is 0 Å². The highest BCUT2D eigenvalue weighted by Gasteiger charge is 2.28. The Morgan fingerprint density at radius 1 is 1.10 bits per heavy atom. The van der Waals surface area contributed by atoms with Gasteiger partial charge in [0.05, 0.1) is 5.92 Å². The van der Waals surface area contributed by atoms with Crippen molar-refractivity contribution in [3.63, 3.8) is 0 Å². The van der Waals surface area contributed by atoms with Crippen LogP contribution in [0, 0.1) is 11.8 Å². The first-order chi connectivity index (χ1) is 10.1. The number of rotatable bonds is 3. The summed E-state index contributed by atoms with van der Waals surface area (Å²) < 4.78 is 0. The summed E-state index contributed by atoms with van der Waals surface area (Å²) in [6, 6.07) is 0.198. The van der Waals surface area contributed by atoms with E-state index in [2.05, 4.69) is 12.2 Å². The number of carbonyl (C=O) groups excluding carboxylic acids is 1. The van der Waals surface area contributed by atoms with Gasteiger partial charge in [0.15, 0.2) is 0 Å². The van der Waals surface area contributed by atoms with Crippen molar-refractivity contribution in [2.45, 2.75) is 64.3 Å². The number of likely N-dealkylation sites (tertiary alicyclic amines) is 1. The fraction of sp³-hybridized carbons (Fsp3) is 0.875. The molecule has 0 bridgehead atoms. The lowest BCUT2D eigenvalue weighted by Gasteiger charge is -2.29. The summed E-state index contributed by atoms with van der Waals surface area (Å²) in [7, 11) is 0. The molecule has 120 valence electrons. The molecule has 0 aromatic carbocycles. The molecule has 2 N–H and O–H groups in total. The number of hydrogen-bond acceptors (Lipinski definition) is 2. The Bertz CT molecular complexity index is 365. The third-order valence-corrected chi connectivity index (χ3v) is 5.12. The minimum absolute atomic E-state index is 0.0468. The highest BCUT2D eigenvalue weighted by atomic mass is 16.4. The quantitative estimate of drug-likeness (QED) is 0.841. The molecule has 0 aromatic heterocycles. The summed E-state index contributed by atoms with van der Waals surface area (Å²) in [5.74, 6) is -0.159. The van der Waals surface area contributed by atoms with Gasteiger partial charge in [-0.1, -0.05) is 13.3 Å². The number of aliphatic carboxylic acids is 1. The molecular weight excluding hydrogens is 268 g/mol. The molecule has 1 heterocycles. The summed E-state index contributed by atoms with van der Waals surface area (Å²) in [6.07, 6.45) is 7.56. The second-order valence-corrected chi connectivity index (χ2v) is 6.53. The van der Waals surface area contributed by atoms with E-state index < -0.39 is 5.97 Å². The van der Waals surface area contributed by atoms with Gasteiger partial charge in [-0.15, -0.1) is 0 Å². The largest absolute Gasteiger partial charge is 0.481 e. The van der Waals surface area contributed by atoms with E-state index >= 15 is 0 Å². The monoisotopic (exact) mass is 296 g/mol. The van der Waals surface area contributed by atoms with E-state index in [0.29, 0.717) is 12.8 Å². The van der Waals surface area contributed by atoms with Crippen LogP contribution in [0.5, 0.6) is 0 Å². The van der Waals surface area contributed by atoms with Crippen molar-refractivity contribution in [2.24, 2.45) is 11.8 Å². The molecule has 5 nitrogen and oxygen atoms in total. The number of nitrogens with one attached hydrogen (secondary N) is 1. The zero-order valence-corrected chi connectivity index (χ0v) is 13.0. The topological polar surface area (TPSA) is 69.6 Å². The van der Waals surface area contributed by atoms with Crippen molar-refractivity contribution >= 4 is 12.0 Å². The molecule has 0 radical (unpaired) electrons. The zero-order chi connectivity index (χ0) is 15.2. The fourth-order valence-corrected chi connectivity index (χ4v) is 3.53. The number of carboxylic acid groups (broad SMARTS) is 1. The Balaban J connectivity index is 1.75. The van der Waals surface area contributed by atoms with Gasteiger partial charge in [0.1, 0.15) is 0 Å². The molecule has 1 aliphatic heterocycles. The van der Waals surface area contributed by atoms with Crippen LogP contribution in [0.1, 0.15) is 58.3 Å². The minimum Gasteiger partial charge on any atom is -0.481 e. The Morgan fingerprint density at radius 3 is 2.43 bits per heavy atom. The summed E-state index contributed by atoms with van der Waals surface area (Å²) in [6.45, 7) is 3.93. The van der Waals surface area contributed by atoms with Crippen molar-refractivity contribution in [3.8, 4) is 0 Å². The van der Waals surface area contributed by atoms with E-state index in [1.807, 2.05) is 4.90 Å². The van der Waals surface area contributed by atoms with Gasteiger partial charge in [0.2, 0.25) is 0 Å². The highest BCUT2D eigenvalue weighted by Crippen LogP contribution is 2.25. The Labute approximate surface area is 127 Å². The summed E-state index contributed by atoms with van der Waals surface area (Å²) in [4.78, 5) is 25.2. The second-order valence-electron chi connectivity index (χ2n) is 6.53. The first-order valence-corrected chi connectivity index (χ1v) is 8.38. The zero-order valence-electron chi connectivity index (χ0n) is 13.0. The molecule has 1 saturated heterocycles. The van der Waals surface area contributed by atoms with Gasteiger partial charge < -0.3 is 15.3 Å². The van der Waals surface area contributed by atoms with Crippen LogP contribution in [-0.2, 0) is 4.79 Å². The van der Waals surface area contributed by atoms with Crippen LogP contribution in [0.2, 0.25) is 0 Å². The predicted molar refractivity (Wildman–Crippen MR) is 81.1 cm³/mol. The maximum Gasteiger partial charge on any atom is 0.317 e. The lowest BCUT2D eigenvalue weighted by molar-refractivity contribution is -0.142. The number of carboxylic acids is 1. The van der Waals surface area contributed by atoms with Crippen LogP contribution in [0.25, 0.3) is 0 Å².